The Morgan fingerprint density at radius 1 is 1.09 bits per heavy atom. The van der Waals surface area contributed by atoms with Crippen LogP contribution in [0.2, 0.25) is 0 Å². The molecule has 0 atom stereocenters. The van der Waals surface area contributed by atoms with E-state index >= 15 is 0 Å². The average molecular weight is 450 g/mol. The number of likely N-dealkylation sites (tertiary alicyclic amines) is 1. The van der Waals surface area contributed by atoms with Gasteiger partial charge in [-0.15, -0.1) is 0 Å². The molecule has 1 aromatic carbocycles. The molecule has 2 aliphatic rings. The second kappa shape index (κ2) is 9.41. The molecule has 0 saturated carbocycles. The maximum absolute atomic E-state index is 14.1. The number of carbonyl (C=O) groups is 1. The third-order valence-electron chi connectivity index (χ3n) is 7.40. The summed E-state index contributed by atoms with van der Waals surface area (Å²) in [7, 11) is 1.73. The Balaban J connectivity index is 1.11. The predicted molar refractivity (Wildman–Crippen MR) is 130 cm³/mol. The first-order valence-electron chi connectivity index (χ1n) is 12.0. The lowest BCUT2D eigenvalue weighted by Gasteiger charge is -2.36. The van der Waals surface area contributed by atoms with Gasteiger partial charge in [0.05, 0.1) is 11.2 Å². The van der Waals surface area contributed by atoms with Crippen molar-refractivity contribution in [3.8, 4) is 0 Å². The number of nitrogens with zero attached hydrogens (tertiary/aromatic N) is 4. The smallest absolute Gasteiger partial charge is 0.222 e. The van der Waals surface area contributed by atoms with E-state index in [-0.39, 0.29) is 11.7 Å². The maximum Gasteiger partial charge on any atom is 0.222 e. The molecule has 33 heavy (non-hydrogen) atoms. The van der Waals surface area contributed by atoms with Crippen LogP contribution < -0.4 is 10.2 Å². The quantitative estimate of drug-likeness (QED) is 0.614. The van der Waals surface area contributed by atoms with E-state index in [4.69, 9.17) is 0 Å². The molecule has 0 spiro atoms. The highest BCUT2D eigenvalue weighted by atomic mass is 19.1. The number of anilines is 2. The van der Waals surface area contributed by atoms with E-state index < -0.39 is 0 Å². The molecule has 2 aromatic heterocycles. The molecule has 174 valence electrons. The topological polar surface area (TPSA) is 53.4 Å². The fourth-order valence-corrected chi connectivity index (χ4v) is 5.39. The first-order valence-corrected chi connectivity index (χ1v) is 12.0. The number of hydrogen-bond acceptors (Lipinski definition) is 4. The number of piperidine rings is 2. The summed E-state index contributed by atoms with van der Waals surface area (Å²) in [5, 5.41) is 4.03. The second-order valence-corrected chi connectivity index (χ2v) is 9.32. The number of amides is 1. The van der Waals surface area contributed by atoms with Crippen LogP contribution in [0.1, 0.15) is 38.1 Å². The Morgan fingerprint density at radius 3 is 2.61 bits per heavy atom. The summed E-state index contributed by atoms with van der Waals surface area (Å²) in [6.45, 7) is 3.39. The van der Waals surface area contributed by atoms with Crippen molar-refractivity contribution in [3.63, 3.8) is 0 Å². The molecule has 6 nitrogen and oxygen atoms in total. The van der Waals surface area contributed by atoms with Crippen LogP contribution in [0.5, 0.6) is 0 Å². The highest BCUT2D eigenvalue weighted by Crippen LogP contribution is 2.30. The van der Waals surface area contributed by atoms with Gasteiger partial charge in [0.25, 0.3) is 0 Å². The Labute approximate surface area is 194 Å². The highest BCUT2D eigenvalue weighted by molar-refractivity contribution is 5.79. The molecule has 7 heteroatoms. The van der Waals surface area contributed by atoms with Crippen LogP contribution in [0, 0.1) is 11.7 Å². The zero-order valence-electron chi connectivity index (χ0n) is 19.2. The fourth-order valence-electron chi connectivity index (χ4n) is 5.39. The van der Waals surface area contributed by atoms with Crippen molar-refractivity contribution in [3.05, 3.63) is 54.7 Å². The monoisotopic (exact) mass is 449 g/mol. The molecule has 1 amide bonds. The fraction of sp³-hybridized carbons (Fsp3) is 0.462. The van der Waals surface area contributed by atoms with Gasteiger partial charge in [-0.3, -0.25) is 9.78 Å². The van der Waals surface area contributed by atoms with Gasteiger partial charge in [-0.05, 0) is 61.9 Å². The van der Waals surface area contributed by atoms with Crippen LogP contribution in [-0.4, -0.2) is 53.6 Å². The van der Waals surface area contributed by atoms with E-state index in [9.17, 15) is 9.18 Å². The second-order valence-electron chi connectivity index (χ2n) is 9.32. The molecular formula is C26H32FN5O. The zero-order chi connectivity index (χ0) is 22.8. The highest BCUT2D eigenvalue weighted by Gasteiger charge is 2.28. The van der Waals surface area contributed by atoms with Crippen LogP contribution in [0.15, 0.2) is 48.9 Å². The summed E-state index contributed by atoms with van der Waals surface area (Å²) in [6, 6.07) is 9.99. The van der Waals surface area contributed by atoms with Crippen molar-refractivity contribution in [2.24, 2.45) is 5.92 Å². The number of nitrogens with one attached hydrogen (secondary N) is 1. The summed E-state index contributed by atoms with van der Waals surface area (Å²) >= 11 is 0. The average Bonchev–Trinajstić information content (AvgIpc) is 3.29. The molecule has 2 fully saturated rings. The van der Waals surface area contributed by atoms with Crippen molar-refractivity contribution in [1.82, 2.24) is 14.5 Å². The van der Waals surface area contributed by atoms with E-state index in [1.54, 1.807) is 19.2 Å². The van der Waals surface area contributed by atoms with Crippen molar-refractivity contribution >= 4 is 28.2 Å². The Bertz CT molecular complexity index is 1110. The zero-order valence-corrected chi connectivity index (χ0v) is 19.2. The number of benzene rings is 1. The number of pyridine rings is 1. The number of hydrogen-bond donors (Lipinski definition) is 1. The summed E-state index contributed by atoms with van der Waals surface area (Å²) in [4.78, 5) is 21.5. The molecule has 1 N–H and O–H groups in total. The Kier molecular flexibility index (Phi) is 6.20. The maximum atomic E-state index is 14.1. The summed E-state index contributed by atoms with van der Waals surface area (Å²) < 4.78 is 16.5. The van der Waals surface area contributed by atoms with E-state index in [0.29, 0.717) is 24.1 Å². The minimum absolute atomic E-state index is 0.222. The number of aromatic nitrogens is 2. The molecule has 3 aromatic rings. The normalized spacial score (nSPS) is 18.1. The summed E-state index contributed by atoms with van der Waals surface area (Å²) in [5.41, 5.74) is 2.67. The Hall–Kier alpha value is -3.09. The van der Waals surface area contributed by atoms with Gasteiger partial charge in [0, 0.05) is 75.4 Å². The lowest BCUT2D eigenvalue weighted by atomic mass is 9.92. The number of rotatable bonds is 5. The molecule has 4 heterocycles. The Morgan fingerprint density at radius 2 is 1.88 bits per heavy atom. The van der Waals surface area contributed by atoms with Crippen molar-refractivity contribution in [2.45, 2.75) is 38.1 Å². The molecule has 2 saturated heterocycles. The van der Waals surface area contributed by atoms with Gasteiger partial charge in [-0.2, -0.15) is 0 Å². The standard InChI is InChI=1S/C26H32FN5O/c1-28-24-3-2-22(17-23(24)27)30-11-5-19(6-12-30)16-26(33)31-13-8-21(9-14-31)32-15-7-20-18-29-10-4-25(20)32/h2-4,7,10,15,17-19,21,28H,5-6,8-9,11-14,16H2,1H3. The third-order valence-corrected chi connectivity index (χ3v) is 7.40. The van der Waals surface area contributed by atoms with E-state index in [2.05, 4.69) is 43.0 Å². The summed E-state index contributed by atoms with van der Waals surface area (Å²) in [5.74, 6) is 0.479. The number of halogens is 1. The predicted octanol–water partition coefficient (Wildman–Crippen LogP) is 4.69. The lowest BCUT2D eigenvalue weighted by molar-refractivity contribution is -0.133. The molecule has 2 aliphatic heterocycles. The molecule has 0 bridgehead atoms. The van der Waals surface area contributed by atoms with Crippen LogP contribution >= 0.6 is 0 Å². The molecule has 5 rings (SSSR count). The first-order chi connectivity index (χ1) is 16.1. The number of fused-ring (bicyclic) bond motifs is 1. The first kappa shape index (κ1) is 21.7. The van der Waals surface area contributed by atoms with Gasteiger partial charge in [0.1, 0.15) is 5.82 Å². The van der Waals surface area contributed by atoms with Crippen LogP contribution in [0.4, 0.5) is 15.8 Å². The van der Waals surface area contributed by atoms with Crippen molar-refractivity contribution in [1.29, 1.82) is 0 Å². The van der Waals surface area contributed by atoms with Crippen molar-refractivity contribution in [2.75, 3.05) is 43.4 Å². The minimum atomic E-state index is -0.222. The molecular weight excluding hydrogens is 417 g/mol. The van der Waals surface area contributed by atoms with Crippen LogP contribution in [-0.2, 0) is 4.79 Å². The van der Waals surface area contributed by atoms with Gasteiger partial charge in [-0.25, -0.2) is 4.39 Å². The van der Waals surface area contributed by atoms with Crippen LogP contribution in [0.25, 0.3) is 10.9 Å². The number of carbonyl (C=O) groups excluding carboxylic acids is 1. The van der Waals surface area contributed by atoms with E-state index in [1.165, 1.54) is 10.9 Å². The lowest BCUT2D eigenvalue weighted by Crippen LogP contribution is -2.41. The van der Waals surface area contributed by atoms with Gasteiger partial charge in [-0.1, -0.05) is 0 Å². The minimum Gasteiger partial charge on any atom is -0.386 e. The van der Waals surface area contributed by atoms with Gasteiger partial charge < -0.3 is 19.7 Å². The van der Waals surface area contributed by atoms with E-state index in [0.717, 1.165) is 57.5 Å². The summed E-state index contributed by atoms with van der Waals surface area (Å²) in [6.07, 6.45) is 10.5. The molecule has 0 radical (unpaired) electrons. The van der Waals surface area contributed by atoms with Gasteiger partial charge in [0.15, 0.2) is 0 Å². The molecule has 0 aliphatic carbocycles. The third kappa shape index (κ3) is 4.54. The SMILES string of the molecule is CNc1ccc(N2CCC(CC(=O)N3CCC(n4ccc5cnccc54)CC3)CC2)cc1F. The van der Waals surface area contributed by atoms with E-state index in [1.807, 2.05) is 18.5 Å². The van der Waals surface area contributed by atoms with Crippen molar-refractivity contribution < 1.29 is 9.18 Å². The van der Waals surface area contributed by atoms with Gasteiger partial charge in [0.2, 0.25) is 5.91 Å². The molecule has 0 unspecified atom stereocenters. The van der Waals surface area contributed by atoms with Gasteiger partial charge >= 0.3 is 0 Å². The largest absolute Gasteiger partial charge is 0.386 e. The van der Waals surface area contributed by atoms with Crippen LogP contribution in [0.3, 0.4) is 0 Å².